The summed E-state index contributed by atoms with van der Waals surface area (Å²) in [5.41, 5.74) is 2.15. The van der Waals surface area contributed by atoms with Gasteiger partial charge in [0.25, 0.3) is 9.84 Å². The van der Waals surface area contributed by atoms with Gasteiger partial charge in [-0.15, -0.1) is 5.10 Å². The minimum Gasteiger partial charge on any atom is -0.449 e. The van der Waals surface area contributed by atoms with Crippen LogP contribution >= 0.6 is 0 Å². The molecule has 9 heteroatoms. The maximum atomic E-state index is 13.2. The first-order valence-electron chi connectivity index (χ1n) is 9.94. The highest BCUT2D eigenvalue weighted by Gasteiger charge is 2.43. The van der Waals surface area contributed by atoms with E-state index >= 15 is 0 Å². The summed E-state index contributed by atoms with van der Waals surface area (Å²) < 4.78 is 36.6. The number of benzene rings is 2. The van der Waals surface area contributed by atoms with E-state index in [-0.39, 0.29) is 30.8 Å². The van der Waals surface area contributed by atoms with Crippen molar-refractivity contribution in [2.45, 2.75) is 37.5 Å². The van der Waals surface area contributed by atoms with Crippen LogP contribution in [0.2, 0.25) is 0 Å². The minimum atomic E-state index is -4.27. The van der Waals surface area contributed by atoms with Gasteiger partial charge in [-0.1, -0.05) is 61.5 Å². The van der Waals surface area contributed by atoms with E-state index in [0.717, 1.165) is 5.56 Å². The first kappa shape index (κ1) is 21.0. The molecule has 0 fully saturated rings. The molecule has 0 aliphatic heterocycles. The molecule has 31 heavy (non-hydrogen) atoms. The average Bonchev–Trinajstić information content (AvgIpc) is 3.23. The van der Waals surface area contributed by atoms with E-state index in [1.54, 1.807) is 36.4 Å². The summed E-state index contributed by atoms with van der Waals surface area (Å²) in [6.07, 6.45) is 0.774. The van der Waals surface area contributed by atoms with Gasteiger partial charge in [0.1, 0.15) is 6.61 Å². The van der Waals surface area contributed by atoms with Gasteiger partial charge in [-0.2, -0.15) is 0 Å². The standard InChI is InChI=1S/C22H22N2O6S/c1-14(20-23-24-21(25)30-20)17-11-16-9-5-6-10-18(16)19(12-17)31(27,28)22(26)29-13-15-7-3-2-4-8-15/h2-10,14,17,19H,11-13H2,1H3,(H,24,25)/t14-,17-,19?/m1/s1. The number of fused-ring (bicyclic) bond motifs is 1. The van der Waals surface area contributed by atoms with E-state index in [4.69, 9.17) is 9.15 Å². The first-order chi connectivity index (χ1) is 14.9. The van der Waals surface area contributed by atoms with Crippen molar-refractivity contribution < 1.29 is 22.4 Å². The Morgan fingerprint density at radius 2 is 1.90 bits per heavy atom. The summed E-state index contributed by atoms with van der Waals surface area (Å²) in [5.74, 6) is -0.947. The van der Waals surface area contributed by atoms with E-state index in [0.29, 0.717) is 17.5 Å². The van der Waals surface area contributed by atoms with Crippen molar-refractivity contribution in [3.05, 3.63) is 87.7 Å². The van der Waals surface area contributed by atoms with Crippen molar-refractivity contribution in [2.24, 2.45) is 5.92 Å². The molecule has 0 amide bonds. The van der Waals surface area contributed by atoms with Gasteiger partial charge in [-0.3, -0.25) is 0 Å². The third-order valence-electron chi connectivity index (χ3n) is 5.76. The Morgan fingerprint density at radius 1 is 1.19 bits per heavy atom. The Kier molecular flexibility index (Phi) is 5.77. The number of nitrogens with one attached hydrogen (secondary N) is 1. The fraction of sp³-hybridized carbons (Fsp3) is 0.318. The smallest absolute Gasteiger partial charge is 0.434 e. The molecule has 0 bridgehead atoms. The summed E-state index contributed by atoms with van der Waals surface area (Å²) >= 11 is 0. The number of hydrogen-bond donors (Lipinski definition) is 1. The molecule has 3 atom stereocenters. The molecule has 8 nitrogen and oxygen atoms in total. The van der Waals surface area contributed by atoms with Gasteiger partial charge in [0.15, 0.2) is 0 Å². The van der Waals surface area contributed by atoms with Crippen LogP contribution < -0.4 is 5.76 Å². The van der Waals surface area contributed by atoms with Crippen molar-refractivity contribution in [3.8, 4) is 0 Å². The zero-order valence-corrected chi connectivity index (χ0v) is 17.7. The van der Waals surface area contributed by atoms with Crippen LogP contribution in [0.15, 0.2) is 63.8 Å². The SMILES string of the molecule is C[C@@H](c1n[nH]c(=O)o1)[C@@H]1Cc2ccccc2C(S(=O)(=O)C(=O)OCc2ccccc2)C1. The number of carbonyl (C=O) groups excluding carboxylic acids is 1. The molecule has 0 spiro atoms. The molecular weight excluding hydrogens is 420 g/mol. The van der Waals surface area contributed by atoms with Crippen LogP contribution in [0.1, 0.15) is 47.1 Å². The molecule has 1 aliphatic carbocycles. The molecule has 1 aromatic heterocycles. The summed E-state index contributed by atoms with van der Waals surface area (Å²) in [6, 6.07) is 16.1. The summed E-state index contributed by atoms with van der Waals surface area (Å²) in [4.78, 5) is 23.9. The lowest BCUT2D eigenvalue weighted by Crippen LogP contribution is -2.31. The molecule has 162 valence electrons. The van der Waals surface area contributed by atoms with Crippen molar-refractivity contribution in [1.29, 1.82) is 0 Å². The lowest BCUT2D eigenvalue weighted by molar-refractivity contribution is 0.165. The molecular formula is C22H22N2O6S. The van der Waals surface area contributed by atoms with Crippen LogP contribution in [0.3, 0.4) is 0 Å². The van der Waals surface area contributed by atoms with E-state index in [1.165, 1.54) is 0 Å². The van der Waals surface area contributed by atoms with Crippen LogP contribution in [0.25, 0.3) is 0 Å². The molecule has 0 radical (unpaired) electrons. The van der Waals surface area contributed by atoms with Gasteiger partial charge in [0, 0.05) is 5.92 Å². The summed E-state index contributed by atoms with van der Waals surface area (Å²) in [7, 11) is -4.27. The number of carbonyl (C=O) groups is 1. The molecule has 0 saturated heterocycles. The minimum absolute atomic E-state index is 0.120. The molecule has 3 aromatic rings. The molecule has 0 saturated carbocycles. The highest BCUT2D eigenvalue weighted by molar-refractivity contribution is 8.05. The lowest BCUT2D eigenvalue weighted by Gasteiger charge is -2.32. The number of sulfone groups is 1. The van der Waals surface area contributed by atoms with Crippen LogP contribution in [-0.4, -0.2) is 23.9 Å². The van der Waals surface area contributed by atoms with Gasteiger partial charge in [-0.25, -0.2) is 23.1 Å². The lowest BCUT2D eigenvalue weighted by atomic mass is 9.77. The zero-order valence-electron chi connectivity index (χ0n) is 16.9. The van der Waals surface area contributed by atoms with Crippen LogP contribution in [0.5, 0.6) is 0 Å². The van der Waals surface area contributed by atoms with E-state index in [9.17, 15) is 18.0 Å². The Balaban J connectivity index is 1.60. The van der Waals surface area contributed by atoms with Crippen LogP contribution in [-0.2, 0) is 27.6 Å². The predicted octanol–water partition coefficient (Wildman–Crippen LogP) is 3.52. The number of nitrogens with zero attached hydrogens (tertiary/aromatic N) is 1. The quantitative estimate of drug-likeness (QED) is 0.600. The molecule has 1 aliphatic rings. The maximum Gasteiger partial charge on any atom is 0.434 e. The Labute approximate surface area is 179 Å². The highest BCUT2D eigenvalue weighted by atomic mass is 32.2. The van der Waals surface area contributed by atoms with E-state index < -0.39 is 26.1 Å². The Bertz CT molecular complexity index is 1230. The summed E-state index contributed by atoms with van der Waals surface area (Å²) in [5, 5.41) is 3.84. The van der Waals surface area contributed by atoms with Crippen molar-refractivity contribution in [2.75, 3.05) is 0 Å². The highest BCUT2D eigenvalue weighted by Crippen LogP contribution is 2.43. The van der Waals surface area contributed by atoms with Crippen LogP contribution in [0.4, 0.5) is 4.79 Å². The topological polar surface area (TPSA) is 119 Å². The van der Waals surface area contributed by atoms with Gasteiger partial charge in [-0.05, 0) is 35.4 Å². The largest absolute Gasteiger partial charge is 0.449 e. The number of aromatic nitrogens is 2. The second-order valence-corrected chi connectivity index (χ2v) is 9.69. The molecule has 1 N–H and O–H groups in total. The van der Waals surface area contributed by atoms with Gasteiger partial charge < -0.3 is 9.15 Å². The molecule has 1 unspecified atom stereocenters. The zero-order chi connectivity index (χ0) is 22.0. The Hall–Kier alpha value is -3.20. The molecule has 4 rings (SSSR count). The van der Waals surface area contributed by atoms with E-state index in [1.807, 2.05) is 25.1 Å². The number of rotatable bonds is 5. The maximum absolute atomic E-state index is 13.2. The fourth-order valence-electron chi connectivity index (χ4n) is 4.03. The summed E-state index contributed by atoms with van der Waals surface area (Å²) in [6.45, 7) is 1.71. The average molecular weight is 442 g/mol. The number of hydrogen-bond acceptors (Lipinski definition) is 7. The van der Waals surface area contributed by atoms with E-state index in [2.05, 4.69) is 10.2 Å². The number of aromatic amines is 1. The normalized spacial score (nSPS) is 19.4. The van der Waals surface area contributed by atoms with Crippen molar-refractivity contribution in [3.63, 3.8) is 0 Å². The van der Waals surface area contributed by atoms with Crippen LogP contribution in [0, 0.1) is 5.92 Å². The second-order valence-electron chi connectivity index (χ2n) is 7.70. The fourth-order valence-corrected chi connectivity index (χ4v) is 5.55. The van der Waals surface area contributed by atoms with Crippen molar-refractivity contribution in [1.82, 2.24) is 10.2 Å². The third kappa shape index (κ3) is 4.32. The molecule has 1 heterocycles. The first-order valence-corrected chi connectivity index (χ1v) is 11.5. The third-order valence-corrected chi connectivity index (χ3v) is 7.54. The second kappa shape index (κ2) is 8.50. The monoisotopic (exact) mass is 442 g/mol. The van der Waals surface area contributed by atoms with Crippen molar-refractivity contribution >= 4 is 15.1 Å². The Morgan fingerprint density at radius 3 is 2.61 bits per heavy atom. The van der Waals surface area contributed by atoms with Gasteiger partial charge in [0.05, 0.1) is 5.25 Å². The predicted molar refractivity (Wildman–Crippen MR) is 112 cm³/mol. The van der Waals surface area contributed by atoms with Gasteiger partial charge >= 0.3 is 11.1 Å². The van der Waals surface area contributed by atoms with Gasteiger partial charge in [0.2, 0.25) is 5.89 Å². The number of ether oxygens (including phenoxy) is 1. The molecule has 2 aromatic carbocycles. The number of H-pyrrole nitrogens is 1.